The van der Waals surface area contributed by atoms with Crippen LogP contribution in [-0.4, -0.2) is 13.1 Å². The monoisotopic (exact) mass is 231 g/mol. The van der Waals surface area contributed by atoms with Crippen molar-refractivity contribution in [2.45, 2.75) is 27.2 Å². The van der Waals surface area contributed by atoms with E-state index in [0.717, 1.165) is 13.1 Å². The van der Waals surface area contributed by atoms with E-state index in [1.165, 1.54) is 17.5 Å². The van der Waals surface area contributed by atoms with Crippen LogP contribution in [0.1, 0.15) is 38.3 Å². The van der Waals surface area contributed by atoms with Crippen molar-refractivity contribution in [3.8, 4) is 0 Å². The van der Waals surface area contributed by atoms with E-state index in [4.69, 9.17) is 0 Å². The first-order chi connectivity index (χ1) is 8.29. The Hall–Kier alpha value is -1.34. The minimum absolute atomic E-state index is 1.10. The Labute approximate surface area is 106 Å². The lowest BCUT2D eigenvalue weighted by atomic mass is 10.1. The molecule has 1 rings (SSSR count). The van der Waals surface area contributed by atoms with Crippen molar-refractivity contribution in [1.29, 1.82) is 0 Å². The lowest BCUT2D eigenvalue weighted by Gasteiger charge is -1.97. The molecule has 0 aliphatic rings. The van der Waals surface area contributed by atoms with Crippen LogP contribution in [0.5, 0.6) is 0 Å². The van der Waals surface area contributed by atoms with E-state index in [9.17, 15) is 0 Å². The van der Waals surface area contributed by atoms with Gasteiger partial charge in [0, 0.05) is 0 Å². The Morgan fingerprint density at radius 1 is 1.18 bits per heavy atom. The van der Waals surface area contributed by atoms with Gasteiger partial charge in [-0.1, -0.05) is 62.9 Å². The van der Waals surface area contributed by atoms with Crippen LogP contribution in [0.4, 0.5) is 0 Å². The number of benzene rings is 1. The maximum absolute atomic E-state index is 3.74. The molecule has 17 heavy (non-hydrogen) atoms. The molecule has 1 heteroatoms. The average Bonchev–Trinajstić information content (AvgIpc) is 2.38. The van der Waals surface area contributed by atoms with Crippen molar-refractivity contribution < 1.29 is 0 Å². The molecule has 0 aliphatic heterocycles. The first kappa shape index (κ1) is 15.7. The van der Waals surface area contributed by atoms with Gasteiger partial charge in [-0.15, -0.1) is 0 Å². The van der Waals surface area contributed by atoms with Crippen LogP contribution in [0.25, 0.3) is 12.2 Å². The molecule has 1 aromatic rings. The van der Waals surface area contributed by atoms with Gasteiger partial charge in [-0.3, -0.25) is 0 Å². The number of allylic oxidation sites excluding steroid dienone is 1. The molecule has 0 radical (unpaired) electrons. The molecule has 0 amide bonds. The zero-order valence-electron chi connectivity index (χ0n) is 11.4. The molecular weight excluding hydrogens is 206 g/mol. The molecule has 0 atom stereocenters. The third-order valence-electron chi connectivity index (χ3n) is 2.24. The summed E-state index contributed by atoms with van der Waals surface area (Å²) in [7, 11) is 0. The smallest absolute Gasteiger partial charge is 0.00517 e. The van der Waals surface area contributed by atoms with Gasteiger partial charge in [0.2, 0.25) is 0 Å². The number of nitrogens with one attached hydrogen (secondary N) is 1. The van der Waals surface area contributed by atoms with Gasteiger partial charge in [0.25, 0.3) is 0 Å². The Kier molecular flexibility index (Phi) is 10.3. The fourth-order valence-electron chi connectivity index (χ4n) is 1.38. The van der Waals surface area contributed by atoms with E-state index in [-0.39, 0.29) is 0 Å². The molecule has 1 N–H and O–H groups in total. The van der Waals surface area contributed by atoms with Crippen LogP contribution in [0.15, 0.2) is 36.9 Å². The van der Waals surface area contributed by atoms with Gasteiger partial charge in [0.15, 0.2) is 0 Å². The predicted octanol–water partition coefficient (Wildman–Crippen LogP) is 4.37. The normalized spacial score (nSPS) is 9.82. The Balaban J connectivity index is 0.000000366. The average molecular weight is 231 g/mol. The van der Waals surface area contributed by atoms with Gasteiger partial charge in [-0.25, -0.2) is 0 Å². The zero-order valence-corrected chi connectivity index (χ0v) is 11.4. The minimum atomic E-state index is 1.10. The van der Waals surface area contributed by atoms with E-state index in [2.05, 4.69) is 44.0 Å². The fourth-order valence-corrected chi connectivity index (χ4v) is 1.38. The predicted molar refractivity (Wildman–Crippen MR) is 80.1 cm³/mol. The molecule has 0 saturated carbocycles. The highest BCUT2D eigenvalue weighted by Gasteiger charge is 1.90. The summed E-state index contributed by atoms with van der Waals surface area (Å²) < 4.78 is 0. The first-order valence-corrected chi connectivity index (χ1v) is 6.34. The summed E-state index contributed by atoms with van der Waals surface area (Å²) in [4.78, 5) is 0. The molecular formula is C16H25N. The second kappa shape index (κ2) is 11.2. The van der Waals surface area contributed by atoms with Crippen LogP contribution < -0.4 is 5.32 Å². The van der Waals surface area contributed by atoms with Crippen molar-refractivity contribution in [2.24, 2.45) is 0 Å². The van der Waals surface area contributed by atoms with Crippen molar-refractivity contribution in [1.82, 2.24) is 5.32 Å². The summed E-state index contributed by atoms with van der Waals surface area (Å²) in [5.41, 5.74) is 2.41. The van der Waals surface area contributed by atoms with Gasteiger partial charge in [0.1, 0.15) is 0 Å². The SMILES string of the molecule is C=Cc1ccccc1/C=C\C.CCCNCC. The lowest BCUT2D eigenvalue weighted by Crippen LogP contribution is -2.12. The van der Waals surface area contributed by atoms with Crippen LogP contribution >= 0.6 is 0 Å². The largest absolute Gasteiger partial charge is 0.317 e. The summed E-state index contributed by atoms with van der Waals surface area (Å²) in [6.07, 6.45) is 7.22. The maximum Gasteiger partial charge on any atom is -0.00517 e. The quantitative estimate of drug-likeness (QED) is 0.742. The van der Waals surface area contributed by atoms with E-state index in [1.54, 1.807) is 0 Å². The summed E-state index contributed by atoms with van der Waals surface area (Å²) in [5.74, 6) is 0. The fraction of sp³-hybridized carbons (Fsp3) is 0.375. The Morgan fingerprint density at radius 2 is 1.82 bits per heavy atom. The van der Waals surface area contributed by atoms with Crippen molar-refractivity contribution in [2.75, 3.05) is 13.1 Å². The highest BCUT2D eigenvalue weighted by molar-refractivity contribution is 5.63. The molecule has 0 heterocycles. The lowest BCUT2D eigenvalue weighted by molar-refractivity contribution is 0.703. The van der Waals surface area contributed by atoms with Crippen LogP contribution in [0.2, 0.25) is 0 Å². The highest BCUT2D eigenvalue weighted by atomic mass is 14.8. The summed E-state index contributed by atoms with van der Waals surface area (Å²) in [5, 5.41) is 3.20. The molecule has 0 fully saturated rings. The van der Waals surface area contributed by atoms with Crippen molar-refractivity contribution in [3.05, 3.63) is 48.0 Å². The van der Waals surface area contributed by atoms with Crippen LogP contribution in [-0.2, 0) is 0 Å². The first-order valence-electron chi connectivity index (χ1n) is 6.34. The van der Waals surface area contributed by atoms with Gasteiger partial charge in [-0.05, 0) is 37.6 Å². The summed E-state index contributed by atoms with van der Waals surface area (Å²) in [6.45, 7) is 12.3. The van der Waals surface area contributed by atoms with E-state index in [1.807, 2.05) is 31.2 Å². The molecule has 0 bridgehead atoms. The van der Waals surface area contributed by atoms with Gasteiger partial charge in [-0.2, -0.15) is 0 Å². The topological polar surface area (TPSA) is 12.0 Å². The number of rotatable bonds is 5. The molecule has 1 aromatic carbocycles. The summed E-state index contributed by atoms with van der Waals surface area (Å²) >= 11 is 0. The highest BCUT2D eigenvalue weighted by Crippen LogP contribution is 2.11. The van der Waals surface area contributed by atoms with Crippen LogP contribution in [0.3, 0.4) is 0 Å². The maximum atomic E-state index is 3.74. The molecule has 0 aliphatic carbocycles. The van der Waals surface area contributed by atoms with E-state index < -0.39 is 0 Å². The van der Waals surface area contributed by atoms with Gasteiger partial charge >= 0.3 is 0 Å². The van der Waals surface area contributed by atoms with Crippen molar-refractivity contribution >= 4 is 12.2 Å². The third kappa shape index (κ3) is 7.53. The molecule has 94 valence electrons. The second-order valence-corrected chi connectivity index (χ2v) is 3.69. The molecule has 0 unspecified atom stereocenters. The zero-order chi connectivity index (χ0) is 12.9. The second-order valence-electron chi connectivity index (χ2n) is 3.69. The standard InChI is InChI=1S/C11H12.C5H13N/c1-3-7-11-9-6-5-8-10(11)4-2;1-3-5-6-4-2/h3-9H,2H2,1H3;6H,3-5H2,1-2H3/b7-3-;. The van der Waals surface area contributed by atoms with Gasteiger partial charge < -0.3 is 5.32 Å². The molecule has 0 spiro atoms. The number of hydrogen-bond acceptors (Lipinski definition) is 1. The number of hydrogen-bond donors (Lipinski definition) is 1. The van der Waals surface area contributed by atoms with Crippen LogP contribution in [0, 0.1) is 0 Å². The van der Waals surface area contributed by atoms with Gasteiger partial charge in [0.05, 0.1) is 0 Å². The third-order valence-corrected chi connectivity index (χ3v) is 2.24. The van der Waals surface area contributed by atoms with E-state index >= 15 is 0 Å². The molecule has 1 nitrogen and oxygen atoms in total. The summed E-state index contributed by atoms with van der Waals surface area (Å²) in [6, 6.07) is 8.19. The minimum Gasteiger partial charge on any atom is -0.317 e. The Morgan fingerprint density at radius 3 is 2.24 bits per heavy atom. The molecule has 0 saturated heterocycles. The molecule has 0 aromatic heterocycles. The Bertz CT molecular complexity index is 322. The van der Waals surface area contributed by atoms with E-state index in [0.29, 0.717) is 0 Å². The van der Waals surface area contributed by atoms with Crippen molar-refractivity contribution in [3.63, 3.8) is 0 Å².